The molecule has 1 aromatic heterocycles. The van der Waals surface area contributed by atoms with E-state index >= 15 is 0 Å². The Hall–Kier alpha value is -2.87. The lowest BCUT2D eigenvalue weighted by molar-refractivity contribution is -0.137. The molecule has 0 aliphatic rings. The minimum atomic E-state index is -1.13. The number of aromatic nitrogens is 1. The highest BCUT2D eigenvalue weighted by molar-refractivity contribution is 5.69. The SMILES string of the molecule is CC(C)c1ccc(-c2ccc(C#N)c(=O)n2CC(=O)O)cc1. The molecule has 0 radical (unpaired) electrons. The fourth-order valence-electron chi connectivity index (χ4n) is 2.25. The fraction of sp³-hybridized carbons (Fsp3) is 0.235. The zero-order valence-corrected chi connectivity index (χ0v) is 12.4. The molecule has 0 saturated heterocycles. The second-order valence-corrected chi connectivity index (χ2v) is 5.31. The molecule has 0 atom stereocenters. The van der Waals surface area contributed by atoms with Gasteiger partial charge in [0.05, 0.1) is 5.69 Å². The van der Waals surface area contributed by atoms with Crippen molar-refractivity contribution < 1.29 is 9.90 Å². The minimum Gasteiger partial charge on any atom is -0.480 e. The molecule has 1 heterocycles. The van der Waals surface area contributed by atoms with Crippen LogP contribution in [0.25, 0.3) is 11.3 Å². The molecule has 0 unspecified atom stereocenters. The first-order valence-corrected chi connectivity index (χ1v) is 6.90. The average molecular weight is 296 g/mol. The van der Waals surface area contributed by atoms with Gasteiger partial charge in [-0.15, -0.1) is 0 Å². The molecule has 0 bridgehead atoms. The van der Waals surface area contributed by atoms with Gasteiger partial charge in [0.2, 0.25) is 0 Å². The van der Waals surface area contributed by atoms with Crippen molar-refractivity contribution >= 4 is 5.97 Å². The van der Waals surface area contributed by atoms with Gasteiger partial charge in [-0.1, -0.05) is 38.1 Å². The molecule has 0 spiro atoms. The summed E-state index contributed by atoms with van der Waals surface area (Å²) in [5, 5.41) is 17.9. The number of nitriles is 1. The first-order valence-electron chi connectivity index (χ1n) is 6.90. The van der Waals surface area contributed by atoms with Crippen molar-refractivity contribution in [2.75, 3.05) is 0 Å². The summed E-state index contributed by atoms with van der Waals surface area (Å²) in [4.78, 5) is 23.2. The number of pyridine rings is 1. The monoisotopic (exact) mass is 296 g/mol. The Labute approximate surface area is 128 Å². The van der Waals surface area contributed by atoms with Gasteiger partial charge < -0.3 is 5.11 Å². The zero-order valence-electron chi connectivity index (χ0n) is 12.4. The van der Waals surface area contributed by atoms with Crippen LogP contribution in [0.5, 0.6) is 0 Å². The first kappa shape index (κ1) is 15.5. The number of hydrogen-bond acceptors (Lipinski definition) is 3. The van der Waals surface area contributed by atoms with E-state index in [1.54, 1.807) is 12.1 Å². The summed E-state index contributed by atoms with van der Waals surface area (Å²) in [6, 6.07) is 12.4. The molecule has 5 heteroatoms. The van der Waals surface area contributed by atoms with Crippen LogP contribution in [0.4, 0.5) is 0 Å². The highest BCUT2D eigenvalue weighted by Crippen LogP contribution is 2.22. The van der Waals surface area contributed by atoms with Gasteiger partial charge in [-0.3, -0.25) is 14.2 Å². The number of carbonyl (C=O) groups is 1. The Bertz CT molecular complexity index is 796. The summed E-state index contributed by atoms with van der Waals surface area (Å²) in [6.45, 7) is 3.68. The van der Waals surface area contributed by atoms with Crippen molar-refractivity contribution in [3.05, 3.63) is 57.9 Å². The number of carboxylic acids is 1. The second-order valence-electron chi connectivity index (χ2n) is 5.31. The van der Waals surface area contributed by atoms with Crippen molar-refractivity contribution in [1.29, 1.82) is 5.26 Å². The topological polar surface area (TPSA) is 83.1 Å². The van der Waals surface area contributed by atoms with Crippen LogP contribution < -0.4 is 5.56 Å². The van der Waals surface area contributed by atoms with Crippen molar-refractivity contribution in [3.63, 3.8) is 0 Å². The summed E-state index contributed by atoms with van der Waals surface area (Å²) in [5.41, 5.74) is 1.73. The third-order valence-electron chi connectivity index (χ3n) is 3.46. The minimum absolute atomic E-state index is 0.0659. The van der Waals surface area contributed by atoms with Crippen LogP contribution in [0.2, 0.25) is 0 Å². The predicted molar refractivity (Wildman–Crippen MR) is 82.6 cm³/mol. The van der Waals surface area contributed by atoms with E-state index < -0.39 is 18.1 Å². The maximum absolute atomic E-state index is 12.2. The third kappa shape index (κ3) is 3.07. The van der Waals surface area contributed by atoms with Crippen LogP contribution in [-0.4, -0.2) is 15.6 Å². The van der Waals surface area contributed by atoms with Gasteiger partial charge in [0.15, 0.2) is 0 Å². The molecule has 0 fully saturated rings. The van der Waals surface area contributed by atoms with Crippen LogP contribution in [0.15, 0.2) is 41.2 Å². The Kier molecular flexibility index (Phi) is 4.42. The summed E-state index contributed by atoms with van der Waals surface area (Å²) in [6.07, 6.45) is 0. The number of nitrogens with zero attached hydrogens (tertiary/aromatic N) is 2. The van der Waals surface area contributed by atoms with Gasteiger partial charge in [0.1, 0.15) is 18.2 Å². The second kappa shape index (κ2) is 6.27. The highest BCUT2D eigenvalue weighted by Gasteiger charge is 2.13. The van der Waals surface area contributed by atoms with E-state index in [4.69, 9.17) is 10.4 Å². The lowest BCUT2D eigenvalue weighted by Crippen LogP contribution is -2.27. The molecule has 1 N–H and O–H groups in total. The Morgan fingerprint density at radius 1 is 1.23 bits per heavy atom. The van der Waals surface area contributed by atoms with Crippen LogP contribution in [0.1, 0.15) is 30.9 Å². The van der Waals surface area contributed by atoms with Gasteiger partial charge in [-0.2, -0.15) is 5.26 Å². The van der Waals surface area contributed by atoms with Gasteiger partial charge in [0.25, 0.3) is 5.56 Å². The fourth-order valence-corrected chi connectivity index (χ4v) is 2.25. The standard InChI is InChI=1S/C17H16N2O3/c1-11(2)12-3-5-13(6-4-12)15-8-7-14(9-18)17(22)19(15)10-16(20)21/h3-8,11H,10H2,1-2H3,(H,20,21). The molecule has 0 aliphatic carbocycles. The van der Waals surface area contributed by atoms with Crippen molar-refractivity contribution in [1.82, 2.24) is 4.57 Å². The normalized spacial score (nSPS) is 10.5. The maximum Gasteiger partial charge on any atom is 0.323 e. The number of hydrogen-bond donors (Lipinski definition) is 1. The number of rotatable bonds is 4. The van der Waals surface area contributed by atoms with E-state index in [1.807, 2.05) is 24.3 Å². The van der Waals surface area contributed by atoms with Crippen molar-refractivity contribution in [2.45, 2.75) is 26.3 Å². The van der Waals surface area contributed by atoms with E-state index in [0.717, 1.165) is 15.7 Å². The van der Waals surface area contributed by atoms with E-state index in [0.29, 0.717) is 11.6 Å². The summed E-state index contributed by atoms with van der Waals surface area (Å²) >= 11 is 0. The van der Waals surface area contributed by atoms with Crippen LogP contribution >= 0.6 is 0 Å². The Morgan fingerprint density at radius 2 is 1.86 bits per heavy atom. The summed E-state index contributed by atoms with van der Waals surface area (Å²) in [7, 11) is 0. The highest BCUT2D eigenvalue weighted by atomic mass is 16.4. The predicted octanol–water partition coefficient (Wildman–Crippen LogP) is 2.59. The Morgan fingerprint density at radius 3 is 2.36 bits per heavy atom. The molecule has 2 rings (SSSR count). The summed E-state index contributed by atoms with van der Waals surface area (Å²) in [5.74, 6) is -0.742. The molecule has 0 amide bonds. The van der Waals surface area contributed by atoms with Crippen molar-refractivity contribution in [3.8, 4) is 17.3 Å². The number of aliphatic carboxylic acids is 1. The molecular weight excluding hydrogens is 280 g/mol. The molecule has 1 aromatic carbocycles. The van der Waals surface area contributed by atoms with Crippen LogP contribution in [0.3, 0.4) is 0 Å². The smallest absolute Gasteiger partial charge is 0.323 e. The van der Waals surface area contributed by atoms with Gasteiger partial charge >= 0.3 is 5.97 Å². The molecule has 0 saturated carbocycles. The van der Waals surface area contributed by atoms with Gasteiger partial charge in [-0.05, 0) is 29.2 Å². The first-order chi connectivity index (χ1) is 10.4. The molecule has 0 aliphatic heterocycles. The third-order valence-corrected chi connectivity index (χ3v) is 3.46. The molecule has 112 valence electrons. The quantitative estimate of drug-likeness (QED) is 0.940. The van der Waals surface area contributed by atoms with Crippen molar-refractivity contribution in [2.24, 2.45) is 0 Å². The van der Waals surface area contributed by atoms with E-state index in [1.165, 1.54) is 6.07 Å². The largest absolute Gasteiger partial charge is 0.480 e. The maximum atomic E-state index is 12.2. The van der Waals surface area contributed by atoms with Crippen LogP contribution in [0, 0.1) is 11.3 Å². The molecule has 22 heavy (non-hydrogen) atoms. The molecule has 5 nitrogen and oxygen atoms in total. The van der Waals surface area contributed by atoms with Gasteiger partial charge in [0, 0.05) is 0 Å². The zero-order chi connectivity index (χ0) is 16.3. The van der Waals surface area contributed by atoms with Gasteiger partial charge in [-0.25, -0.2) is 0 Å². The van der Waals surface area contributed by atoms with E-state index in [9.17, 15) is 9.59 Å². The number of benzene rings is 1. The average Bonchev–Trinajstić information content (AvgIpc) is 2.49. The van der Waals surface area contributed by atoms with E-state index in [2.05, 4.69) is 13.8 Å². The van der Waals surface area contributed by atoms with Crippen LogP contribution in [-0.2, 0) is 11.3 Å². The van der Waals surface area contributed by atoms with E-state index in [-0.39, 0.29) is 5.56 Å². The molecule has 2 aromatic rings. The lowest BCUT2D eigenvalue weighted by atomic mass is 10.0. The summed E-state index contributed by atoms with van der Waals surface area (Å²) < 4.78 is 1.12. The molecular formula is C17H16N2O3. The number of carboxylic acid groups (broad SMARTS) is 1. The Balaban J connectivity index is 2.59. The lowest BCUT2D eigenvalue weighted by Gasteiger charge is -2.12.